The van der Waals surface area contributed by atoms with Crippen molar-refractivity contribution in [2.24, 2.45) is 0 Å². The maximum absolute atomic E-state index is 11.7. The summed E-state index contributed by atoms with van der Waals surface area (Å²) in [6.07, 6.45) is 0. The third-order valence-corrected chi connectivity index (χ3v) is 2.82. The molecule has 1 amide bonds. The number of hydrogen-bond acceptors (Lipinski definition) is 1. The van der Waals surface area contributed by atoms with Gasteiger partial charge in [-0.1, -0.05) is 31.2 Å². The molecular formula is C10H14ClNOSi. The SMILES string of the molecule is C[Si](C)(C)NC(=O)c1ccc(Cl)cc1. The Labute approximate surface area is 90.4 Å². The summed E-state index contributed by atoms with van der Waals surface area (Å²) in [6, 6.07) is 6.91. The van der Waals surface area contributed by atoms with Crippen molar-refractivity contribution >= 4 is 25.7 Å². The Bertz CT molecular complexity index is 329. The zero-order valence-corrected chi connectivity index (χ0v) is 10.4. The summed E-state index contributed by atoms with van der Waals surface area (Å²) in [5, 5.41) is 0.648. The van der Waals surface area contributed by atoms with Crippen molar-refractivity contribution in [1.29, 1.82) is 0 Å². The number of hydrogen-bond donors (Lipinski definition) is 1. The summed E-state index contributed by atoms with van der Waals surface area (Å²) in [4.78, 5) is 14.7. The van der Waals surface area contributed by atoms with Crippen LogP contribution in [0.1, 0.15) is 10.4 Å². The fourth-order valence-corrected chi connectivity index (χ4v) is 1.97. The van der Waals surface area contributed by atoms with Crippen LogP contribution in [-0.2, 0) is 0 Å². The quantitative estimate of drug-likeness (QED) is 0.774. The molecule has 1 rings (SSSR count). The van der Waals surface area contributed by atoms with Crippen molar-refractivity contribution in [2.45, 2.75) is 19.6 Å². The van der Waals surface area contributed by atoms with Crippen LogP contribution in [-0.4, -0.2) is 14.1 Å². The van der Waals surface area contributed by atoms with Gasteiger partial charge in [-0.15, -0.1) is 0 Å². The van der Waals surface area contributed by atoms with E-state index in [9.17, 15) is 4.79 Å². The molecule has 0 atom stereocenters. The summed E-state index contributed by atoms with van der Waals surface area (Å²) in [6.45, 7) is 6.25. The largest absolute Gasteiger partial charge is 0.378 e. The van der Waals surface area contributed by atoms with Crippen molar-refractivity contribution in [2.75, 3.05) is 0 Å². The van der Waals surface area contributed by atoms with Gasteiger partial charge in [-0.2, -0.15) is 0 Å². The number of amides is 1. The molecule has 0 radical (unpaired) electrons. The number of halogens is 1. The molecule has 0 unspecified atom stereocenters. The topological polar surface area (TPSA) is 29.1 Å². The molecule has 0 aliphatic rings. The van der Waals surface area contributed by atoms with Crippen LogP contribution in [0.2, 0.25) is 24.7 Å². The summed E-state index contributed by atoms with van der Waals surface area (Å²) in [7, 11) is -1.55. The molecule has 0 aliphatic heterocycles. The van der Waals surface area contributed by atoms with Crippen molar-refractivity contribution in [3.8, 4) is 0 Å². The first-order chi connectivity index (χ1) is 6.38. The lowest BCUT2D eigenvalue weighted by molar-refractivity contribution is 0.0978. The highest BCUT2D eigenvalue weighted by atomic mass is 35.5. The lowest BCUT2D eigenvalue weighted by atomic mass is 10.2. The molecule has 0 fully saturated rings. The summed E-state index contributed by atoms with van der Waals surface area (Å²) >= 11 is 5.73. The second-order valence-corrected chi connectivity index (χ2v) is 9.40. The fraction of sp³-hybridized carbons (Fsp3) is 0.300. The number of rotatable bonds is 2. The lowest BCUT2D eigenvalue weighted by Crippen LogP contribution is -2.45. The maximum Gasteiger partial charge on any atom is 0.243 e. The molecule has 4 heteroatoms. The maximum atomic E-state index is 11.7. The first kappa shape index (κ1) is 11.3. The molecule has 0 aromatic heterocycles. The minimum Gasteiger partial charge on any atom is -0.378 e. The van der Waals surface area contributed by atoms with E-state index in [4.69, 9.17) is 11.6 Å². The minimum absolute atomic E-state index is 0.0131. The summed E-state index contributed by atoms with van der Waals surface area (Å²) < 4.78 is 0. The normalized spacial score (nSPS) is 11.1. The van der Waals surface area contributed by atoms with E-state index in [-0.39, 0.29) is 5.91 Å². The van der Waals surface area contributed by atoms with Gasteiger partial charge in [0.1, 0.15) is 8.24 Å². The molecule has 0 aliphatic carbocycles. The second kappa shape index (κ2) is 4.15. The van der Waals surface area contributed by atoms with Crippen LogP contribution in [0, 0.1) is 0 Å². The number of nitrogens with one attached hydrogen (secondary N) is 1. The molecule has 0 saturated carbocycles. The highest BCUT2D eigenvalue weighted by Gasteiger charge is 2.17. The molecule has 1 aromatic rings. The second-order valence-electron chi connectivity index (χ2n) is 4.21. The van der Waals surface area contributed by atoms with Crippen LogP contribution in [0.25, 0.3) is 0 Å². The number of carbonyl (C=O) groups is 1. The Hall–Kier alpha value is -0.803. The van der Waals surface area contributed by atoms with Gasteiger partial charge < -0.3 is 4.98 Å². The van der Waals surface area contributed by atoms with Crippen LogP contribution in [0.5, 0.6) is 0 Å². The van der Waals surface area contributed by atoms with Crippen LogP contribution >= 0.6 is 11.6 Å². The summed E-state index contributed by atoms with van der Waals surface area (Å²) in [5.41, 5.74) is 0.664. The van der Waals surface area contributed by atoms with Gasteiger partial charge in [0.25, 0.3) is 0 Å². The molecule has 1 N–H and O–H groups in total. The van der Waals surface area contributed by atoms with Gasteiger partial charge >= 0.3 is 0 Å². The van der Waals surface area contributed by atoms with E-state index in [0.717, 1.165) is 0 Å². The predicted molar refractivity (Wildman–Crippen MR) is 62.3 cm³/mol. The van der Waals surface area contributed by atoms with E-state index in [2.05, 4.69) is 24.6 Å². The van der Waals surface area contributed by atoms with Crippen LogP contribution < -0.4 is 4.98 Å². The molecule has 1 aromatic carbocycles. The molecule has 0 saturated heterocycles. The fourth-order valence-electron chi connectivity index (χ4n) is 1.01. The third kappa shape index (κ3) is 3.52. The van der Waals surface area contributed by atoms with E-state index in [1.165, 1.54) is 0 Å². The average molecular weight is 228 g/mol. The average Bonchev–Trinajstić information content (AvgIpc) is 2.02. The molecule has 76 valence electrons. The molecule has 0 spiro atoms. The minimum atomic E-state index is -1.55. The van der Waals surface area contributed by atoms with Crippen molar-refractivity contribution < 1.29 is 4.79 Å². The van der Waals surface area contributed by atoms with E-state index >= 15 is 0 Å². The Morgan fingerprint density at radius 1 is 1.21 bits per heavy atom. The first-order valence-electron chi connectivity index (χ1n) is 4.46. The van der Waals surface area contributed by atoms with E-state index in [1.807, 2.05) is 0 Å². The molecular weight excluding hydrogens is 214 g/mol. The standard InChI is InChI=1S/C10H14ClNOSi/c1-14(2,3)12-10(13)8-4-6-9(11)7-5-8/h4-7H,1-3H3,(H,12,13). The predicted octanol–water partition coefficient (Wildman–Crippen LogP) is 2.90. The Balaban J connectivity index is 2.76. The molecule has 0 heterocycles. The highest BCUT2D eigenvalue weighted by Crippen LogP contribution is 2.10. The van der Waals surface area contributed by atoms with Crippen LogP contribution in [0.3, 0.4) is 0 Å². The smallest absolute Gasteiger partial charge is 0.243 e. The molecule has 2 nitrogen and oxygen atoms in total. The van der Waals surface area contributed by atoms with Gasteiger partial charge in [0.2, 0.25) is 5.91 Å². The van der Waals surface area contributed by atoms with Crippen LogP contribution in [0.4, 0.5) is 0 Å². The van der Waals surface area contributed by atoms with Crippen LogP contribution in [0.15, 0.2) is 24.3 Å². The zero-order valence-electron chi connectivity index (χ0n) is 8.60. The van der Waals surface area contributed by atoms with E-state index in [0.29, 0.717) is 10.6 Å². The Morgan fingerprint density at radius 2 is 1.71 bits per heavy atom. The number of benzene rings is 1. The van der Waals surface area contributed by atoms with E-state index in [1.54, 1.807) is 24.3 Å². The van der Waals surface area contributed by atoms with Gasteiger partial charge in [-0.3, -0.25) is 4.79 Å². The number of carbonyl (C=O) groups excluding carboxylic acids is 1. The first-order valence-corrected chi connectivity index (χ1v) is 8.34. The Morgan fingerprint density at radius 3 is 2.14 bits per heavy atom. The summed E-state index contributed by atoms with van der Waals surface area (Å²) in [5.74, 6) is -0.0131. The van der Waals surface area contributed by atoms with Gasteiger partial charge in [-0.25, -0.2) is 0 Å². The lowest BCUT2D eigenvalue weighted by Gasteiger charge is -2.17. The molecule has 14 heavy (non-hydrogen) atoms. The van der Waals surface area contributed by atoms with Gasteiger partial charge in [0.05, 0.1) is 0 Å². The van der Waals surface area contributed by atoms with Crippen molar-refractivity contribution in [1.82, 2.24) is 4.98 Å². The monoisotopic (exact) mass is 227 g/mol. The highest BCUT2D eigenvalue weighted by molar-refractivity contribution is 6.76. The van der Waals surface area contributed by atoms with Gasteiger partial charge in [-0.05, 0) is 24.3 Å². The van der Waals surface area contributed by atoms with Gasteiger partial charge in [0, 0.05) is 10.6 Å². The van der Waals surface area contributed by atoms with Gasteiger partial charge in [0.15, 0.2) is 0 Å². The third-order valence-electron chi connectivity index (χ3n) is 1.59. The zero-order chi connectivity index (χ0) is 10.8. The van der Waals surface area contributed by atoms with Crippen molar-refractivity contribution in [3.05, 3.63) is 34.9 Å². The van der Waals surface area contributed by atoms with E-state index < -0.39 is 8.24 Å². The van der Waals surface area contributed by atoms with Crippen molar-refractivity contribution in [3.63, 3.8) is 0 Å². The molecule has 0 bridgehead atoms. The Kier molecular flexibility index (Phi) is 3.34.